The average molecular weight is 415 g/mol. The summed E-state index contributed by atoms with van der Waals surface area (Å²) in [6.45, 7) is 3.69. The van der Waals surface area contributed by atoms with Gasteiger partial charge < -0.3 is 4.42 Å². The lowest BCUT2D eigenvalue weighted by Gasteiger charge is -2.26. The van der Waals surface area contributed by atoms with Crippen molar-refractivity contribution >= 4 is 41.1 Å². The van der Waals surface area contributed by atoms with Gasteiger partial charge in [-0.1, -0.05) is 30.1 Å². The zero-order valence-electron chi connectivity index (χ0n) is 15.3. The predicted molar refractivity (Wildman–Crippen MR) is 107 cm³/mol. The summed E-state index contributed by atoms with van der Waals surface area (Å²) >= 11 is 12.1. The van der Waals surface area contributed by atoms with Crippen molar-refractivity contribution in [1.82, 2.24) is 4.90 Å². The molecule has 1 aromatic heterocycles. The second-order valence-electron chi connectivity index (χ2n) is 6.26. The van der Waals surface area contributed by atoms with Gasteiger partial charge in [-0.2, -0.15) is 5.26 Å². The van der Waals surface area contributed by atoms with Crippen molar-refractivity contribution in [2.75, 3.05) is 6.54 Å². The van der Waals surface area contributed by atoms with Gasteiger partial charge in [0.05, 0.1) is 5.02 Å². The molecule has 1 aliphatic rings. The van der Waals surface area contributed by atoms with E-state index in [1.807, 2.05) is 13.0 Å². The van der Waals surface area contributed by atoms with Gasteiger partial charge in [0.2, 0.25) is 0 Å². The number of nitriles is 1. The molecule has 142 valence electrons. The molecule has 2 amide bonds. The van der Waals surface area contributed by atoms with E-state index < -0.39 is 11.8 Å². The highest BCUT2D eigenvalue weighted by atomic mass is 35.5. The molecule has 7 heteroatoms. The van der Waals surface area contributed by atoms with Crippen LogP contribution >= 0.6 is 23.2 Å². The Kier molecular flexibility index (Phi) is 5.73. The third-order valence-corrected chi connectivity index (χ3v) is 4.93. The van der Waals surface area contributed by atoms with Crippen molar-refractivity contribution in [1.29, 1.82) is 5.26 Å². The molecule has 0 atom stereocenters. The topological polar surface area (TPSA) is 74.3 Å². The van der Waals surface area contributed by atoms with Crippen molar-refractivity contribution < 1.29 is 14.0 Å². The Morgan fingerprint density at radius 1 is 1.18 bits per heavy atom. The first-order valence-electron chi connectivity index (χ1n) is 8.61. The Hall–Kier alpha value is -2.81. The number of halogens is 2. The molecule has 0 spiro atoms. The molecule has 1 aliphatic heterocycles. The Balaban J connectivity index is 2.04. The molecule has 1 aromatic carbocycles. The van der Waals surface area contributed by atoms with Crippen LogP contribution in [0.2, 0.25) is 10.0 Å². The highest BCUT2D eigenvalue weighted by Gasteiger charge is 2.35. The molecule has 0 fully saturated rings. The number of rotatable bonds is 4. The fraction of sp³-hybridized carbons (Fsp3) is 0.190. The van der Waals surface area contributed by atoms with Crippen LogP contribution in [0, 0.1) is 11.3 Å². The lowest BCUT2D eigenvalue weighted by Crippen LogP contribution is -2.43. The number of imide groups is 1. The van der Waals surface area contributed by atoms with Gasteiger partial charge in [0.25, 0.3) is 11.8 Å². The van der Waals surface area contributed by atoms with Gasteiger partial charge in [-0.25, -0.2) is 0 Å². The van der Waals surface area contributed by atoms with E-state index in [1.54, 1.807) is 37.3 Å². The van der Waals surface area contributed by atoms with E-state index in [0.29, 0.717) is 39.1 Å². The van der Waals surface area contributed by atoms with Crippen molar-refractivity contribution in [2.45, 2.75) is 20.3 Å². The lowest BCUT2D eigenvalue weighted by molar-refractivity contribution is -0.140. The third kappa shape index (κ3) is 3.62. The molecule has 0 saturated heterocycles. The van der Waals surface area contributed by atoms with Gasteiger partial charge in [-0.05, 0) is 55.3 Å². The van der Waals surface area contributed by atoms with E-state index in [-0.39, 0.29) is 17.7 Å². The number of nitrogens with zero attached hydrogens (tertiary/aromatic N) is 2. The van der Waals surface area contributed by atoms with Crippen molar-refractivity contribution in [3.63, 3.8) is 0 Å². The largest absolute Gasteiger partial charge is 0.457 e. The maximum Gasteiger partial charge on any atom is 0.271 e. The fourth-order valence-corrected chi connectivity index (χ4v) is 3.46. The number of carbonyl (C=O) groups excluding carboxylic acids is 2. The molecule has 5 nitrogen and oxygen atoms in total. The molecule has 3 rings (SSSR count). The molecule has 0 unspecified atom stereocenters. The first-order chi connectivity index (χ1) is 13.4. The van der Waals surface area contributed by atoms with Crippen LogP contribution in [-0.4, -0.2) is 23.3 Å². The molecule has 2 aromatic rings. The van der Waals surface area contributed by atoms with Crippen LogP contribution in [0.1, 0.15) is 26.0 Å². The maximum absolute atomic E-state index is 12.8. The normalized spacial score (nSPS) is 16.1. The molecule has 2 heterocycles. The summed E-state index contributed by atoms with van der Waals surface area (Å²) in [5.74, 6) is -0.0740. The molecule has 0 saturated carbocycles. The van der Waals surface area contributed by atoms with E-state index in [4.69, 9.17) is 27.6 Å². The van der Waals surface area contributed by atoms with Crippen LogP contribution in [0.25, 0.3) is 17.4 Å². The quantitative estimate of drug-likeness (QED) is 0.505. The zero-order chi connectivity index (χ0) is 20.4. The second-order valence-corrected chi connectivity index (χ2v) is 7.10. The first-order valence-corrected chi connectivity index (χ1v) is 9.37. The number of furan rings is 1. The number of amides is 2. The minimum absolute atomic E-state index is 0.0353. The lowest BCUT2D eigenvalue weighted by atomic mass is 9.94. The van der Waals surface area contributed by atoms with Crippen LogP contribution in [0.15, 0.2) is 51.5 Å². The molecule has 0 radical (unpaired) electrons. The maximum atomic E-state index is 12.8. The summed E-state index contributed by atoms with van der Waals surface area (Å²) in [7, 11) is 0. The van der Waals surface area contributed by atoms with Gasteiger partial charge in [0, 0.05) is 22.7 Å². The van der Waals surface area contributed by atoms with Gasteiger partial charge in [0.1, 0.15) is 23.2 Å². The molecular weight excluding hydrogens is 399 g/mol. The van der Waals surface area contributed by atoms with Crippen LogP contribution in [0.4, 0.5) is 0 Å². The minimum atomic E-state index is -0.558. The highest BCUT2D eigenvalue weighted by molar-refractivity contribution is 6.36. The number of hydrogen-bond donors (Lipinski definition) is 0. The summed E-state index contributed by atoms with van der Waals surface area (Å²) in [5.41, 5.74) is 1.23. The van der Waals surface area contributed by atoms with Gasteiger partial charge in [-0.3, -0.25) is 14.5 Å². The Morgan fingerprint density at radius 3 is 2.57 bits per heavy atom. The fourth-order valence-electron chi connectivity index (χ4n) is 2.96. The van der Waals surface area contributed by atoms with Gasteiger partial charge in [0.15, 0.2) is 0 Å². The molecular formula is C21H16Cl2N2O3. The number of hydrogen-bond acceptors (Lipinski definition) is 4. The summed E-state index contributed by atoms with van der Waals surface area (Å²) in [5, 5.41) is 10.3. The SMILES string of the molecule is CCCN1C(=O)C(C#N)=C(C)/C(=C\c2ccc(-c3ccc(Cl)cc3Cl)o2)C1=O. The third-order valence-electron chi connectivity index (χ3n) is 4.38. The Bertz CT molecular complexity index is 1070. The molecule has 0 N–H and O–H groups in total. The van der Waals surface area contributed by atoms with Gasteiger partial charge in [-0.15, -0.1) is 0 Å². The average Bonchev–Trinajstić information content (AvgIpc) is 3.11. The highest BCUT2D eigenvalue weighted by Crippen LogP contribution is 2.33. The van der Waals surface area contributed by atoms with E-state index in [9.17, 15) is 14.9 Å². The van der Waals surface area contributed by atoms with Crippen LogP contribution in [0.5, 0.6) is 0 Å². The predicted octanol–water partition coefficient (Wildman–Crippen LogP) is 5.26. The Labute approximate surface area is 172 Å². The zero-order valence-corrected chi connectivity index (χ0v) is 16.8. The van der Waals surface area contributed by atoms with Crippen molar-refractivity contribution in [3.8, 4) is 17.4 Å². The van der Waals surface area contributed by atoms with Gasteiger partial charge >= 0.3 is 0 Å². The van der Waals surface area contributed by atoms with E-state index in [1.165, 1.54) is 6.08 Å². The summed E-state index contributed by atoms with van der Waals surface area (Å²) < 4.78 is 5.82. The molecule has 0 aliphatic carbocycles. The first kappa shape index (κ1) is 19.9. The number of carbonyl (C=O) groups is 2. The smallest absolute Gasteiger partial charge is 0.271 e. The second kappa shape index (κ2) is 8.05. The molecule has 28 heavy (non-hydrogen) atoms. The van der Waals surface area contributed by atoms with Crippen molar-refractivity contribution in [3.05, 3.63) is 62.9 Å². The monoisotopic (exact) mass is 414 g/mol. The standard InChI is InChI=1S/C21H16Cl2N2O3/c1-3-8-25-20(26)16(12(2)17(11-24)21(25)27)10-14-5-7-19(28-14)15-6-4-13(22)9-18(15)23/h4-7,9-10H,3,8H2,1-2H3/b16-10+. The van der Waals surface area contributed by atoms with Crippen LogP contribution in [-0.2, 0) is 9.59 Å². The van der Waals surface area contributed by atoms with E-state index >= 15 is 0 Å². The van der Waals surface area contributed by atoms with Crippen LogP contribution in [0.3, 0.4) is 0 Å². The van der Waals surface area contributed by atoms with Crippen LogP contribution < -0.4 is 0 Å². The number of benzene rings is 1. The molecule has 0 bridgehead atoms. The summed E-state index contributed by atoms with van der Waals surface area (Å²) in [6, 6.07) is 10.4. The van der Waals surface area contributed by atoms with E-state index in [0.717, 1.165) is 4.90 Å². The van der Waals surface area contributed by atoms with Crippen molar-refractivity contribution in [2.24, 2.45) is 0 Å². The van der Waals surface area contributed by atoms with E-state index in [2.05, 4.69) is 0 Å². The summed E-state index contributed by atoms with van der Waals surface area (Å²) in [6.07, 6.45) is 2.14. The summed E-state index contributed by atoms with van der Waals surface area (Å²) in [4.78, 5) is 26.2. The minimum Gasteiger partial charge on any atom is -0.457 e. The Morgan fingerprint density at radius 2 is 1.93 bits per heavy atom.